The molecule has 28 heavy (non-hydrogen) atoms. The van der Waals surface area contributed by atoms with Gasteiger partial charge in [-0.15, -0.1) is 0 Å². The lowest BCUT2D eigenvalue weighted by Gasteiger charge is -2.39. The zero-order chi connectivity index (χ0) is 20.5. The van der Waals surface area contributed by atoms with Crippen molar-refractivity contribution < 1.29 is 18.1 Å². The normalized spacial score (nSPS) is 26.2. The van der Waals surface area contributed by atoms with Crippen molar-refractivity contribution >= 4 is 27.5 Å². The average Bonchev–Trinajstić information content (AvgIpc) is 2.66. The molecule has 0 spiro atoms. The number of hydrogen-bond acceptors (Lipinski definition) is 3. The first-order valence-electron chi connectivity index (χ1n) is 10.1. The molecule has 3 atom stereocenters. The van der Waals surface area contributed by atoms with E-state index in [1.807, 2.05) is 11.8 Å². The largest absolute Gasteiger partial charge is 0.337 e. The van der Waals surface area contributed by atoms with Gasteiger partial charge in [0.15, 0.2) is 6.04 Å². The Balaban J connectivity index is 1.62. The summed E-state index contributed by atoms with van der Waals surface area (Å²) in [5.41, 5.74) is 0. The lowest BCUT2D eigenvalue weighted by molar-refractivity contribution is -0.918. The Morgan fingerprint density at radius 3 is 2.29 bits per heavy atom. The van der Waals surface area contributed by atoms with Crippen LogP contribution in [0.2, 0.25) is 5.02 Å². The number of nitrogens with zero attached hydrogens (tertiary/aromatic N) is 2. The second-order valence-corrected chi connectivity index (χ2v) is 10.7. The summed E-state index contributed by atoms with van der Waals surface area (Å²) >= 11 is 6.10. The molecule has 0 aliphatic carbocycles. The number of hydrogen-bond donors (Lipinski definition) is 1. The zero-order valence-corrected chi connectivity index (χ0v) is 18.5. The van der Waals surface area contributed by atoms with Crippen LogP contribution in [0.25, 0.3) is 0 Å². The van der Waals surface area contributed by atoms with Crippen molar-refractivity contribution in [2.45, 2.75) is 38.1 Å². The van der Waals surface area contributed by atoms with Crippen LogP contribution >= 0.6 is 11.6 Å². The smallest absolute Gasteiger partial charge is 0.280 e. The number of likely N-dealkylation sites (tertiary alicyclic amines) is 1. The van der Waals surface area contributed by atoms with Crippen molar-refractivity contribution in [3.63, 3.8) is 0 Å². The second kappa shape index (κ2) is 8.69. The van der Waals surface area contributed by atoms with Gasteiger partial charge in [-0.1, -0.05) is 37.6 Å². The van der Waals surface area contributed by atoms with E-state index in [1.54, 1.807) is 24.3 Å². The minimum Gasteiger partial charge on any atom is -0.337 e. The zero-order valence-electron chi connectivity index (χ0n) is 16.9. The summed E-state index contributed by atoms with van der Waals surface area (Å²) in [5, 5.41) is 0.245. The molecule has 1 aromatic carbocycles. The molecule has 2 aliphatic rings. The number of benzene rings is 1. The molecule has 0 saturated carbocycles. The molecule has 2 fully saturated rings. The van der Waals surface area contributed by atoms with Crippen LogP contribution in [-0.2, 0) is 14.8 Å². The predicted molar refractivity (Wildman–Crippen MR) is 110 cm³/mol. The SMILES string of the molecule is C[C@@H]1C[C@H](C)CN(C(=O)[C@@H](C)[NH+]2CCN(S(=O)(=O)c3ccccc3Cl)CC2)C1. The first-order chi connectivity index (χ1) is 13.2. The maximum absolute atomic E-state index is 13.0. The Morgan fingerprint density at radius 1 is 1.14 bits per heavy atom. The Hall–Kier alpha value is -1.15. The molecule has 0 aromatic heterocycles. The number of rotatable bonds is 4. The van der Waals surface area contributed by atoms with Crippen molar-refractivity contribution in [2.75, 3.05) is 39.3 Å². The van der Waals surface area contributed by atoms with Gasteiger partial charge in [0.2, 0.25) is 10.0 Å². The van der Waals surface area contributed by atoms with Crippen LogP contribution in [0.15, 0.2) is 29.2 Å². The van der Waals surface area contributed by atoms with E-state index in [9.17, 15) is 13.2 Å². The summed E-state index contributed by atoms with van der Waals surface area (Å²) in [6.45, 7) is 10.1. The monoisotopic (exact) mass is 428 g/mol. The standard InChI is InChI=1S/C20H30ClN3O3S/c1-15-12-16(2)14-23(13-15)20(25)17(3)22-8-10-24(11-9-22)28(26,27)19-7-5-4-6-18(19)21/h4-7,15-17H,8-14H2,1-3H3/p+1/t15-,16+,17-/m1/s1. The summed E-state index contributed by atoms with van der Waals surface area (Å²) in [6.07, 6.45) is 1.17. The van der Waals surface area contributed by atoms with Crippen molar-refractivity contribution in [1.29, 1.82) is 0 Å². The molecule has 0 bridgehead atoms. The van der Waals surface area contributed by atoms with Crippen LogP contribution in [0.3, 0.4) is 0 Å². The van der Waals surface area contributed by atoms with Crippen molar-refractivity contribution in [3.05, 3.63) is 29.3 Å². The van der Waals surface area contributed by atoms with Crippen LogP contribution in [0.4, 0.5) is 0 Å². The molecular weight excluding hydrogens is 398 g/mol. The highest BCUT2D eigenvalue weighted by Gasteiger charge is 2.37. The molecule has 3 rings (SSSR count). The van der Waals surface area contributed by atoms with Crippen LogP contribution in [-0.4, -0.2) is 68.8 Å². The third-order valence-electron chi connectivity index (χ3n) is 5.98. The van der Waals surface area contributed by atoms with Gasteiger partial charge in [-0.3, -0.25) is 4.79 Å². The van der Waals surface area contributed by atoms with Gasteiger partial charge in [0, 0.05) is 13.1 Å². The number of nitrogens with one attached hydrogen (secondary N) is 1. The van der Waals surface area contributed by atoms with Gasteiger partial charge in [0.1, 0.15) is 4.90 Å². The van der Waals surface area contributed by atoms with E-state index in [4.69, 9.17) is 11.6 Å². The molecule has 156 valence electrons. The number of piperazine rings is 1. The fourth-order valence-electron chi connectivity index (χ4n) is 4.53. The van der Waals surface area contributed by atoms with Crippen molar-refractivity contribution in [2.24, 2.45) is 11.8 Å². The predicted octanol–water partition coefficient (Wildman–Crippen LogP) is 1.12. The number of halogens is 1. The van der Waals surface area contributed by atoms with Crippen LogP contribution in [0, 0.1) is 11.8 Å². The van der Waals surface area contributed by atoms with Crippen LogP contribution < -0.4 is 4.90 Å². The number of quaternary nitrogens is 1. The summed E-state index contributed by atoms with van der Waals surface area (Å²) in [5.74, 6) is 1.26. The number of sulfonamides is 1. The maximum atomic E-state index is 13.0. The molecule has 1 N–H and O–H groups in total. The molecule has 6 nitrogen and oxygen atoms in total. The van der Waals surface area contributed by atoms with E-state index in [0.717, 1.165) is 18.0 Å². The molecule has 0 unspecified atom stereocenters. The van der Waals surface area contributed by atoms with E-state index in [2.05, 4.69) is 13.8 Å². The van der Waals surface area contributed by atoms with E-state index in [-0.39, 0.29) is 21.9 Å². The summed E-state index contributed by atoms with van der Waals surface area (Å²) in [7, 11) is -3.60. The first-order valence-corrected chi connectivity index (χ1v) is 11.9. The summed E-state index contributed by atoms with van der Waals surface area (Å²) in [4.78, 5) is 16.3. The highest BCUT2D eigenvalue weighted by molar-refractivity contribution is 7.89. The fourth-order valence-corrected chi connectivity index (χ4v) is 6.47. The Morgan fingerprint density at radius 2 is 1.71 bits per heavy atom. The third kappa shape index (κ3) is 4.53. The minimum atomic E-state index is -3.60. The number of piperidine rings is 1. The molecule has 1 aromatic rings. The van der Waals surface area contributed by atoms with Crippen LogP contribution in [0.5, 0.6) is 0 Å². The molecule has 2 aliphatic heterocycles. The molecule has 2 heterocycles. The quantitative estimate of drug-likeness (QED) is 0.781. The highest BCUT2D eigenvalue weighted by Crippen LogP contribution is 2.24. The third-order valence-corrected chi connectivity index (χ3v) is 8.38. The Bertz CT molecular complexity index is 799. The van der Waals surface area contributed by atoms with Crippen LogP contribution in [0.1, 0.15) is 27.2 Å². The van der Waals surface area contributed by atoms with Crippen molar-refractivity contribution in [1.82, 2.24) is 9.21 Å². The molecule has 0 radical (unpaired) electrons. The summed E-state index contributed by atoms with van der Waals surface area (Å²) in [6, 6.07) is 6.39. The Labute approximate surface area is 173 Å². The van der Waals surface area contributed by atoms with Gasteiger partial charge in [-0.25, -0.2) is 8.42 Å². The molecule has 8 heteroatoms. The van der Waals surface area contributed by atoms with E-state index < -0.39 is 10.0 Å². The molecule has 1 amide bonds. The maximum Gasteiger partial charge on any atom is 0.280 e. The topological polar surface area (TPSA) is 62.1 Å². The average molecular weight is 429 g/mol. The minimum absolute atomic E-state index is 0.150. The van der Waals surface area contributed by atoms with E-state index in [1.165, 1.54) is 10.7 Å². The van der Waals surface area contributed by atoms with Crippen molar-refractivity contribution in [3.8, 4) is 0 Å². The Kier molecular flexibility index (Phi) is 6.69. The van der Waals surface area contributed by atoms with Gasteiger partial charge in [0.05, 0.1) is 31.2 Å². The number of carbonyl (C=O) groups excluding carboxylic acids is 1. The van der Waals surface area contributed by atoms with E-state index >= 15 is 0 Å². The van der Waals surface area contributed by atoms with Gasteiger partial charge in [-0.2, -0.15) is 4.31 Å². The number of carbonyl (C=O) groups is 1. The second-order valence-electron chi connectivity index (χ2n) is 8.40. The molecular formula is C20H31ClN3O3S+. The highest BCUT2D eigenvalue weighted by atomic mass is 35.5. The van der Waals surface area contributed by atoms with Gasteiger partial charge < -0.3 is 9.80 Å². The van der Waals surface area contributed by atoms with E-state index in [0.29, 0.717) is 38.0 Å². The van der Waals surface area contributed by atoms with Gasteiger partial charge >= 0.3 is 0 Å². The summed E-state index contributed by atoms with van der Waals surface area (Å²) < 4.78 is 27.3. The van der Waals surface area contributed by atoms with Gasteiger partial charge in [-0.05, 0) is 37.3 Å². The molecule has 2 saturated heterocycles. The first kappa shape index (κ1) is 21.6. The lowest BCUT2D eigenvalue weighted by atomic mass is 9.91. The fraction of sp³-hybridized carbons (Fsp3) is 0.650. The van der Waals surface area contributed by atoms with Gasteiger partial charge in [0.25, 0.3) is 5.91 Å². The number of amides is 1. The lowest BCUT2D eigenvalue weighted by Crippen LogP contribution is -3.19.